The van der Waals surface area contributed by atoms with E-state index >= 15 is 0 Å². The van der Waals surface area contributed by atoms with E-state index in [2.05, 4.69) is 10.3 Å². The molecule has 1 saturated heterocycles. The second-order valence-corrected chi connectivity index (χ2v) is 7.51. The van der Waals surface area contributed by atoms with E-state index in [4.69, 9.17) is 11.6 Å². The number of likely N-dealkylation sites (N-methyl/N-ethyl adjacent to an activating group) is 1. The molecule has 166 valence electrons. The topological polar surface area (TPSA) is 65.5 Å². The van der Waals surface area contributed by atoms with Gasteiger partial charge in [-0.3, -0.25) is 14.5 Å². The first-order chi connectivity index (χ1) is 14.4. The third kappa shape index (κ3) is 4.43. The van der Waals surface area contributed by atoms with Gasteiger partial charge in [0.1, 0.15) is 17.7 Å². The standard InChI is InChI=1S/C20H19ClF4N4O2/c1-10-6-11(20(23,24)25)7-16(27-10)29-14(4-5-17(29)30)19(31)28(3)15-9-12(22)8-13(21)18(15)26-2/h6-9,14,26H,4-5H2,1-3H3. The molecule has 2 amide bonds. The molecule has 0 saturated carbocycles. The summed E-state index contributed by atoms with van der Waals surface area (Å²) in [5.74, 6) is -2.06. The van der Waals surface area contributed by atoms with Crippen LogP contribution in [0.1, 0.15) is 24.1 Å². The Balaban J connectivity index is 2.01. The number of carbonyl (C=O) groups excluding carboxylic acids is 2. The predicted molar refractivity (Wildman–Crippen MR) is 109 cm³/mol. The molecule has 1 aliphatic rings. The number of nitrogens with zero attached hydrogens (tertiary/aromatic N) is 3. The summed E-state index contributed by atoms with van der Waals surface area (Å²) in [5, 5.41) is 2.84. The van der Waals surface area contributed by atoms with E-state index < -0.39 is 35.4 Å². The minimum Gasteiger partial charge on any atom is -0.385 e. The number of benzene rings is 1. The summed E-state index contributed by atoms with van der Waals surface area (Å²) in [6.45, 7) is 1.37. The van der Waals surface area contributed by atoms with E-state index in [1.54, 1.807) is 7.05 Å². The number of nitrogens with one attached hydrogen (secondary N) is 1. The summed E-state index contributed by atoms with van der Waals surface area (Å²) in [4.78, 5) is 31.9. The normalized spacial score (nSPS) is 16.6. The lowest BCUT2D eigenvalue weighted by molar-refractivity contribution is -0.137. The SMILES string of the molecule is CNc1c(Cl)cc(F)cc1N(C)C(=O)C1CCC(=O)N1c1cc(C(F)(F)F)cc(C)n1. The van der Waals surface area contributed by atoms with Gasteiger partial charge in [-0.25, -0.2) is 9.37 Å². The molecule has 2 aromatic rings. The van der Waals surface area contributed by atoms with Gasteiger partial charge >= 0.3 is 6.18 Å². The smallest absolute Gasteiger partial charge is 0.385 e. The Morgan fingerprint density at radius 3 is 2.58 bits per heavy atom. The molecule has 1 fully saturated rings. The number of amides is 2. The van der Waals surface area contributed by atoms with Crippen molar-refractivity contribution in [3.05, 3.63) is 46.4 Å². The zero-order valence-corrected chi connectivity index (χ0v) is 17.6. The highest BCUT2D eigenvalue weighted by atomic mass is 35.5. The van der Waals surface area contributed by atoms with Crippen molar-refractivity contribution in [2.45, 2.75) is 32.0 Å². The van der Waals surface area contributed by atoms with E-state index in [0.29, 0.717) is 5.69 Å². The lowest BCUT2D eigenvalue weighted by Crippen LogP contribution is -2.46. The maximum Gasteiger partial charge on any atom is 0.416 e. The number of hydrogen-bond donors (Lipinski definition) is 1. The zero-order valence-electron chi connectivity index (χ0n) is 16.8. The van der Waals surface area contributed by atoms with Gasteiger partial charge in [-0.05, 0) is 37.6 Å². The van der Waals surface area contributed by atoms with Gasteiger partial charge in [0.15, 0.2) is 0 Å². The highest BCUT2D eigenvalue weighted by molar-refractivity contribution is 6.34. The largest absolute Gasteiger partial charge is 0.416 e. The van der Waals surface area contributed by atoms with Crippen LogP contribution in [-0.2, 0) is 15.8 Å². The highest BCUT2D eigenvalue weighted by Crippen LogP contribution is 2.37. The van der Waals surface area contributed by atoms with Crippen molar-refractivity contribution < 1.29 is 27.2 Å². The minimum absolute atomic E-state index is 0.0377. The molecule has 0 bridgehead atoms. The number of aromatic nitrogens is 1. The zero-order chi connectivity index (χ0) is 23.1. The van der Waals surface area contributed by atoms with E-state index in [-0.39, 0.29) is 35.1 Å². The molecule has 31 heavy (non-hydrogen) atoms. The molecular formula is C20H19ClF4N4O2. The Hall–Kier alpha value is -2.88. The van der Waals surface area contributed by atoms with Crippen LogP contribution in [0.15, 0.2) is 24.3 Å². The number of halogens is 5. The van der Waals surface area contributed by atoms with Crippen LogP contribution in [0.2, 0.25) is 5.02 Å². The van der Waals surface area contributed by atoms with Gasteiger partial charge in [-0.2, -0.15) is 13.2 Å². The van der Waals surface area contributed by atoms with E-state index in [9.17, 15) is 27.2 Å². The van der Waals surface area contributed by atoms with Crippen molar-refractivity contribution in [2.75, 3.05) is 29.2 Å². The molecule has 1 aliphatic heterocycles. The van der Waals surface area contributed by atoms with Crippen LogP contribution in [-0.4, -0.2) is 36.9 Å². The summed E-state index contributed by atoms with van der Waals surface area (Å²) in [5.41, 5.74) is -0.491. The van der Waals surface area contributed by atoms with E-state index in [1.807, 2.05) is 0 Å². The molecule has 0 spiro atoms. The van der Waals surface area contributed by atoms with Gasteiger partial charge in [0.25, 0.3) is 0 Å². The molecule has 2 heterocycles. The van der Waals surface area contributed by atoms with Crippen LogP contribution in [0.4, 0.5) is 34.8 Å². The van der Waals surface area contributed by atoms with Crippen molar-refractivity contribution in [2.24, 2.45) is 0 Å². The molecule has 1 unspecified atom stereocenters. The van der Waals surface area contributed by atoms with Crippen molar-refractivity contribution >= 4 is 40.6 Å². The molecule has 6 nitrogen and oxygen atoms in total. The Kier molecular flexibility index (Phi) is 6.13. The molecular weight excluding hydrogens is 440 g/mol. The third-order valence-corrected chi connectivity index (χ3v) is 5.29. The number of pyridine rings is 1. The molecule has 3 rings (SSSR count). The van der Waals surface area contributed by atoms with Crippen molar-refractivity contribution in [1.29, 1.82) is 0 Å². The Bertz CT molecular complexity index is 1040. The van der Waals surface area contributed by atoms with Crippen molar-refractivity contribution in [3.63, 3.8) is 0 Å². The first-order valence-corrected chi connectivity index (χ1v) is 9.64. The van der Waals surface area contributed by atoms with Gasteiger partial charge < -0.3 is 10.2 Å². The molecule has 0 radical (unpaired) electrons. The Labute approximate surface area is 180 Å². The fourth-order valence-electron chi connectivity index (χ4n) is 3.56. The van der Waals surface area contributed by atoms with Gasteiger partial charge in [0.2, 0.25) is 11.8 Å². The number of rotatable bonds is 4. The Morgan fingerprint density at radius 1 is 1.29 bits per heavy atom. The maximum atomic E-state index is 13.9. The van der Waals surface area contributed by atoms with Gasteiger partial charge in [0.05, 0.1) is 22.0 Å². The quantitative estimate of drug-likeness (QED) is 0.690. The predicted octanol–water partition coefficient (Wildman–Crippen LogP) is 4.40. The summed E-state index contributed by atoms with van der Waals surface area (Å²) >= 11 is 6.05. The summed E-state index contributed by atoms with van der Waals surface area (Å²) < 4.78 is 53.6. The molecule has 1 aromatic heterocycles. The van der Waals surface area contributed by atoms with Crippen LogP contribution in [0.25, 0.3) is 0 Å². The number of hydrogen-bond acceptors (Lipinski definition) is 4. The number of carbonyl (C=O) groups is 2. The Morgan fingerprint density at radius 2 is 1.97 bits per heavy atom. The maximum absolute atomic E-state index is 13.9. The van der Waals surface area contributed by atoms with Gasteiger partial charge in [-0.1, -0.05) is 11.6 Å². The monoisotopic (exact) mass is 458 g/mol. The molecule has 0 aliphatic carbocycles. The van der Waals surface area contributed by atoms with Crippen molar-refractivity contribution in [1.82, 2.24) is 4.98 Å². The van der Waals surface area contributed by atoms with Crippen LogP contribution < -0.4 is 15.1 Å². The average Bonchev–Trinajstić information content (AvgIpc) is 3.06. The number of alkyl halides is 3. The minimum atomic E-state index is -4.64. The number of aryl methyl sites for hydroxylation is 1. The number of anilines is 3. The average molecular weight is 459 g/mol. The van der Waals surface area contributed by atoms with Crippen LogP contribution in [0, 0.1) is 12.7 Å². The highest BCUT2D eigenvalue weighted by Gasteiger charge is 2.41. The van der Waals surface area contributed by atoms with E-state index in [0.717, 1.165) is 34.1 Å². The molecule has 11 heteroatoms. The van der Waals surface area contributed by atoms with Crippen LogP contribution >= 0.6 is 11.6 Å². The summed E-state index contributed by atoms with van der Waals surface area (Å²) in [6, 6.07) is 2.69. The first-order valence-electron chi connectivity index (χ1n) is 9.26. The van der Waals surface area contributed by atoms with E-state index in [1.165, 1.54) is 14.0 Å². The fourth-order valence-corrected chi connectivity index (χ4v) is 3.85. The van der Waals surface area contributed by atoms with Gasteiger partial charge in [-0.15, -0.1) is 0 Å². The molecule has 1 aromatic carbocycles. The summed E-state index contributed by atoms with van der Waals surface area (Å²) in [7, 11) is 2.92. The third-order valence-electron chi connectivity index (χ3n) is 4.99. The van der Waals surface area contributed by atoms with Crippen molar-refractivity contribution in [3.8, 4) is 0 Å². The van der Waals surface area contributed by atoms with Gasteiger partial charge in [0, 0.05) is 26.2 Å². The van der Waals surface area contributed by atoms with Crippen LogP contribution in [0.3, 0.4) is 0 Å². The first kappa shape index (κ1) is 22.8. The molecule has 1 N–H and O–H groups in total. The fraction of sp³-hybridized carbons (Fsp3) is 0.350. The van der Waals surface area contributed by atoms with Crippen LogP contribution in [0.5, 0.6) is 0 Å². The second kappa shape index (κ2) is 8.33. The second-order valence-electron chi connectivity index (χ2n) is 7.10. The lowest BCUT2D eigenvalue weighted by Gasteiger charge is -2.29. The molecule has 1 atom stereocenters. The summed E-state index contributed by atoms with van der Waals surface area (Å²) in [6.07, 6.45) is -4.59. The lowest BCUT2D eigenvalue weighted by atomic mass is 10.1.